The van der Waals surface area contributed by atoms with Gasteiger partial charge < -0.3 is 4.81 Å². The number of halogens is 1. The van der Waals surface area contributed by atoms with Crippen LogP contribution in [-0.2, 0) is 0 Å². The smallest absolute Gasteiger partial charge is 0.374 e. The summed E-state index contributed by atoms with van der Waals surface area (Å²) < 4.78 is 0. The molecule has 54 valence electrons. The van der Waals surface area contributed by atoms with Gasteiger partial charge in [0.25, 0.3) is 0 Å². The molecule has 2 heterocycles. The van der Waals surface area contributed by atoms with E-state index in [0.717, 1.165) is 5.70 Å². The number of nitrogens with zero attached hydrogens (tertiary/aromatic N) is 1. The molecule has 0 radical (unpaired) electrons. The van der Waals surface area contributed by atoms with Crippen molar-refractivity contribution in [3.63, 3.8) is 0 Å². The molecule has 0 aliphatic carbocycles. The van der Waals surface area contributed by atoms with E-state index in [2.05, 4.69) is 0 Å². The highest BCUT2D eigenvalue weighted by molar-refractivity contribution is 7.08. The summed E-state index contributed by atoms with van der Waals surface area (Å²) in [6, 6.07) is 0. The summed E-state index contributed by atoms with van der Waals surface area (Å²) in [5.41, 5.74) is 1.15. The first-order chi connectivity index (χ1) is 5.38. The molecule has 0 unspecified atom stereocenters. The highest BCUT2D eigenvalue weighted by atomic mass is 35.5. The minimum atomic E-state index is -0.0313. The van der Waals surface area contributed by atoms with Crippen molar-refractivity contribution < 1.29 is 0 Å². The first-order valence-electron chi connectivity index (χ1n) is 3.54. The average Bonchev–Trinajstić information content (AvgIpc) is 2.06. The predicted molar refractivity (Wildman–Crippen MR) is 48.9 cm³/mol. The summed E-state index contributed by atoms with van der Waals surface area (Å²) in [4.78, 5) is 2.02. The van der Waals surface area contributed by atoms with E-state index in [9.17, 15) is 0 Å². The summed E-state index contributed by atoms with van der Waals surface area (Å²) in [6.07, 6.45) is 12.0. The Morgan fingerprint density at radius 1 is 1.27 bits per heavy atom. The van der Waals surface area contributed by atoms with Gasteiger partial charge in [-0.3, -0.25) is 0 Å². The highest BCUT2D eigenvalue weighted by Crippen LogP contribution is 2.19. The van der Waals surface area contributed by atoms with Gasteiger partial charge in [-0.05, 0) is 24.4 Å². The first-order valence-corrected chi connectivity index (χ1v) is 3.97. The molecule has 2 aliphatic heterocycles. The second kappa shape index (κ2) is 2.63. The van der Waals surface area contributed by atoms with Crippen LogP contribution in [0.5, 0.6) is 0 Å². The van der Waals surface area contributed by atoms with Gasteiger partial charge in [-0.15, -0.1) is 0 Å². The van der Waals surface area contributed by atoms with Gasteiger partial charge >= 0.3 is 6.26 Å². The summed E-state index contributed by atoms with van der Waals surface area (Å²) in [7, 11) is 0. The molecule has 3 heteroatoms. The number of rotatable bonds is 0. The van der Waals surface area contributed by atoms with Crippen molar-refractivity contribution in [3.8, 4) is 0 Å². The van der Waals surface area contributed by atoms with E-state index in [-0.39, 0.29) is 6.26 Å². The Bertz CT molecular complexity index is 278. The Labute approximate surface area is 71.3 Å². The largest absolute Gasteiger partial charge is 0.392 e. The topological polar surface area (TPSA) is 3.24 Å². The van der Waals surface area contributed by atoms with Crippen LogP contribution in [0.3, 0.4) is 0 Å². The molecule has 0 bridgehead atoms. The number of fused-ring (bicyclic) bond motifs is 1. The second-order valence-corrected chi connectivity index (χ2v) is 2.90. The van der Waals surface area contributed by atoms with E-state index in [4.69, 9.17) is 11.5 Å². The van der Waals surface area contributed by atoms with Crippen molar-refractivity contribution in [1.82, 2.24) is 4.81 Å². The molecule has 0 amide bonds. The third-order valence-corrected chi connectivity index (χ3v) is 2.08. The second-order valence-electron chi connectivity index (χ2n) is 2.46. The van der Waals surface area contributed by atoms with Crippen LogP contribution in [0.15, 0.2) is 48.3 Å². The fourth-order valence-electron chi connectivity index (χ4n) is 1.17. The van der Waals surface area contributed by atoms with Gasteiger partial charge in [0.1, 0.15) is 0 Å². The zero-order chi connectivity index (χ0) is 7.68. The van der Waals surface area contributed by atoms with Crippen LogP contribution in [0.2, 0.25) is 0 Å². The molecular weight excluding hydrogens is 156 g/mol. The molecule has 2 aliphatic rings. The lowest BCUT2D eigenvalue weighted by atomic mass is 9.84. The fourth-order valence-corrected chi connectivity index (χ4v) is 1.44. The van der Waals surface area contributed by atoms with Crippen LogP contribution in [0.1, 0.15) is 0 Å². The van der Waals surface area contributed by atoms with E-state index in [1.54, 1.807) is 0 Å². The number of hydrogen-bond acceptors (Lipinski definition) is 1. The third-order valence-electron chi connectivity index (χ3n) is 1.73. The van der Waals surface area contributed by atoms with Crippen molar-refractivity contribution >= 4 is 17.7 Å². The Kier molecular flexibility index (Phi) is 1.62. The quantitative estimate of drug-likeness (QED) is 0.494. The Morgan fingerprint density at radius 2 is 2.18 bits per heavy atom. The Morgan fingerprint density at radius 3 is 3.00 bits per heavy atom. The fraction of sp³-hybridized carbons (Fsp3) is 0. The average molecular weight is 163 g/mol. The van der Waals surface area contributed by atoms with E-state index < -0.39 is 0 Å². The lowest BCUT2D eigenvalue weighted by Gasteiger charge is -2.26. The molecule has 2 rings (SSSR count). The van der Waals surface area contributed by atoms with Gasteiger partial charge in [-0.1, -0.05) is 18.1 Å². The van der Waals surface area contributed by atoms with E-state index >= 15 is 0 Å². The Balaban J connectivity index is 2.35. The van der Waals surface area contributed by atoms with Crippen LogP contribution in [0.4, 0.5) is 0 Å². The maximum Gasteiger partial charge on any atom is 0.392 e. The molecule has 1 nitrogen and oxygen atoms in total. The van der Waals surface area contributed by atoms with Gasteiger partial charge in [0.2, 0.25) is 0 Å². The molecule has 0 atom stereocenters. The minimum absolute atomic E-state index is 0.0313. The number of hydrogen-bond donors (Lipinski definition) is 0. The Hall–Kier alpha value is -0.885. The van der Waals surface area contributed by atoms with Crippen LogP contribution in [0, 0.1) is 0 Å². The normalized spacial score (nSPS) is 20.3. The predicted octanol–water partition coefficient (Wildman–Crippen LogP) is 2.09. The van der Waals surface area contributed by atoms with Gasteiger partial charge in [0.05, 0.1) is 0 Å². The van der Waals surface area contributed by atoms with Crippen molar-refractivity contribution in [2.75, 3.05) is 0 Å². The molecule has 0 aromatic carbocycles. The summed E-state index contributed by atoms with van der Waals surface area (Å²) in [5, 5.41) is 0. The molecule has 11 heavy (non-hydrogen) atoms. The highest BCUT2D eigenvalue weighted by Gasteiger charge is 2.20. The van der Waals surface area contributed by atoms with Crippen LogP contribution < -0.4 is 0 Å². The van der Waals surface area contributed by atoms with Gasteiger partial charge in [-0.25, -0.2) is 0 Å². The molecule has 0 aromatic rings. The van der Waals surface area contributed by atoms with Gasteiger partial charge in [0.15, 0.2) is 0 Å². The zero-order valence-electron chi connectivity index (χ0n) is 5.94. The standard InChI is InChI=1S/C8H7BClN/c10-9-6-3-5-8-4-1-2-7-11(8)9/h1-7H. The maximum absolute atomic E-state index is 6.00. The molecule has 0 N–H and O–H groups in total. The summed E-state index contributed by atoms with van der Waals surface area (Å²) in [5.74, 6) is 1.95. The molecular formula is C8H7BClN. The summed E-state index contributed by atoms with van der Waals surface area (Å²) in [6.45, 7) is 0. The van der Waals surface area contributed by atoms with Crippen molar-refractivity contribution in [2.24, 2.45) is 0 Å². The SMILES string of the molecule is ClB1C=CC=C2C=CC=CN12. The van der Waals surface area contributed by atoms with Crippen LogP contribution >= 0.6 is 11.5 Å². The minimum Gasteiger partial charge on any atom is -0.374 e. The van der Waals surface area contributed by atoms with Gasteiger partial charge in [-0.2, -0.15) is 11.5 Å². The van der Waals surface area contributed by atoms with E-state index in [1.807, 2.05) is 47.4 Å². The summed E-state index contributed by atoms with van der Waals surface area (Å²) >= 11 is 6.00. The molecule has 0 saturated heterocycles. The lowest BCUT2D eigenvalue weighted by molar-refractivity contribution is 0.745. The van der Waals surface area contributed by atoms with Crippen LogP contribution in [0.25, 0.3) is 0 Å². The maximum atomic E-state index is 6.00. The van der Waals surface area contributed by atoms with Gasteiger partial charge in [0, 0.05) is 5.70 Å². The third kappa shape index (κ3) is 1.14. The molecule has 0 saturated carbocycles. The lowest BCUT2D eigenvalue weighted by Crippen LogP contribution is -2.30. The molecule has 0 spiro atoms. The van der Waals surface area contributed by atoms with E-state index in [0.29, 0.717) is 0 Å². The first kappa shape index (κ1) is 6.80. The van der Waals surface area contributed by atoms with Crippen LogP contribution in [-0.4, -0.2) is 11.1 Å². The van der Waals surface area contributed by atoms with E-state index in [1.165, 1.54) is 0 Å². The molecule has 0 aromatic heterocycles. The van der Waals surface area contributed by atoms with Crippen molar-refractivity contribution in [2.45, 2.75) is 0 Å². The number of allylic oxidation sites excluding steroid dienone is 5. The van der Waals surface area contributed by atoms with Crippen molar-refractivity contribution in [1.29, 1.82) is 0 Å². The molecule has 0 fully saturated rings. The van der Waals surface area contributed by atoms with Crippen molar-refractivity contribution in [3.05, 3.63) is 48.3 Å². The monoisotopic (exact) mass is 163 g/mol. The zero-order valence-corrected chi connectivity index (χ0v) is 6.70.